The van der Waals surface area contributed by atoms with E-state index in [1.54, 1.807) is 48.7 Å². The van der Waals surface area contributed by atoms with E-state index in [9.17, 15) is 5.11 Å². The fourth-order valence-corrected chi connectivity index (χ4v) is 2.68. The molecular formula is C16H12Cl2N4O2S. The van der Waals surface area contributed by atoms with Gasteiger partial charge in [0.1, 0.15) is 12.4 Å². The number of aromatic hydroxyl groups is 1. The Labute approximate surface area is 158 Å². The molecule has 3 rings (SSSR count). The number of phenols is 1. The number of aromatic nitrogens is 3. The van der Waals surface area contributed by atoms with Gasteiger partial charge in [-0.1, -0.05) is 29.3 Å². The molecule has 128 valence electrons. The molecule has 1 heterocycles. The van der Waals surface area contributed by atoms with Crippen LogP contribution in [0.4, 0.5) is 0 Å². The van der Waals surface area contributed by atoms with E-state index in [0.717, 1.165) is 5.56 Å². The second-order valence-corrected chi connectivity index (χ2v) is 6.13. The summed E-state index contributed by atoms with van der Waals surface area (Å²) in [4.78, 5) is 0. The predicted molar refractivity (Wildman–Crippen MR) is 99.3 cm³/mol. The van der Waals surface area contributed by atoms with Crippen molar-refractivity contribution in [2.24, 2.45) is 5.10 Å². The molecular weight excluding hydrogens is 383 g/mol. The maximum atomic E-state index is 9.30. The number of phenolic OH excluding ortho intramolecular Hbond substituents is 1. The molecule has 0 radical (unpaired) electrons. The maximum Gasteiger partial charge on any atom is 0.216 e. The molecule has 0 bridgehead atoms. The second-order valence-electron chi connectivity index (χ2n) is 4.93. The van der Waals surface area contributed by atoms with E-state index in [-0.39, 0.29) is 12.4 Å². The molecule has 0 unspecified atom stereocenters. The van der Waals surface area contributed by atoms with Crippen molar-refractivity contribution in [1.29, 1.82) is 0 Å². The first-order chi connectivity index (χ1) is 12.0. The van der Waals surface area contributed by atoms with Crippen molar-refractivity contribution in [3.63, 3.8) is 0 Å². The van der Waals surface area contributed by atoms with E-state index in [1.165, 1.54) is 4.68 Å². The molecule has 0 amide bonds. The number of aromatic amines is 1. The van der Waals surface area contributed by atoms with Crippen molar-refractivity contribution >= 4 is 41.6 Å². The van der Waals surface area contributed by atoms with Crippen LogP contribution in [0.5, 0.6) is 11.5 Å². The number of rotatable bonds is 5. The molecule has 0 spiro atoms. The topological polar surface area (TPSA) is 75.4 Å². The molecule has 9 heteroatoms. The Balaban J connectivity index is 1.80. The van der Waals surface area contributed by atoms with Crippen LogP contribution in [0.15, 0.2) is 47.6 Å². The van der Waals surface area contributed by atoms with Crippen LogP contribution in [0.3, 0.4) is 0 Å². The number of nitrogens with one attached hydrogen (secondary N) is 1. The Kier molecular flexibility index (Phi) is 5.37. The quantitative estimate of drug-likeness (QED) is 0.496. The Bertz CT molecular complexity index is 947. The normalized spacial score (nSPS) is 11.1. The fourth-order valence-electron chi connectivity index (χ4n) is 1.98. The van der Waals surface area contributed by atoms with Crippen LogP contribution in [0.1, 0.15) is 11.4 Å². The van der Waals surface area contributed by atoms with E-state index in [1.807, 2.05) is 0 Å². The van der Waals surface area contributed by atoms with Gasteiger partial charge in [-0.2, -0.15) is 14.9 Å². The molecule has 0 fully saturated rings. The zero-order valence-electron chi connectivity index (χ0n) is 12.7. The lowest BCUT2D eigenvalue weighted by Crippen LogP contribution is -2.04. The minimum atomic E-state index is 0.0729. The molecule has 0 saturated heterocycles. The highest BCUT2D eigenvalue weighted by atomic mass is 35.5. The lowest BCUT2D eigenvalue weighted by atomic mass is 10.2. The molecule has 2 N–H and O–H groups in total. The minimum absolute atomic E-state index is 0.0729. The molecule has 3 aromatic rings. The van der Waals surface area contributed by atoms with Gasteiger partial charge in [-0.05, 0) is 54.2 Å². The van der Waals surface area contributed by atoms with E-state index in [0.29, 0.717) is 26.4 Å². The SMILES string of the molecule is Oc1ccc(/C=N/n2c(COc3c(Cl)cccc3Cl)n[nH]c2=S)cc1. The smallest absolute Gasteiger partial charge is 0.216 e. The third kappa shape index (κ3) is 4.19. The third-order valence-electron chi connectivity index (χ3n) is 3.20. The fraction of sp³-hybridized carbons (Fsp3) is 0.0625. The van der Waals surface area contributed by atoms with Crippen LogP contribution in [-0.4, -0.2) is 26.2 Å². The Hall–Kier alpha value is -2.35. The largest absolute Gasteiger partial charge is 0.508 e. The summed E-state index contributed by atoms with van der Waals surface area (Å²) in [5.41, 5.74) is 0.793. The summed E-state index contributed by atoms with van der Waals surface area (Å²) in [7, 11) is 0. The van der Waals surface area contributed by atoms with Crippen LogP contribution in [0.25, 0.3) is 0 Å². The number of H-pyrrole nitrogens is 1. The molecule has 0 aliphatic rings. The number of hydrogen-bond donors (Lipinski definition) is 2. The number of hydrogen-bond acceptors (Lipinski definition) is 5. The lowest BCUT2D eigenvalue weighted by Gasteiger charge is -2.08. The highest BCUT2D eigenvalue weighted by Crippen LogP contribution is 2.32. The molecule has 0 aliphatic carbocycles. The van der Waals surface area contributed by atoms with Crippen LogP contribution < -0.4 is 4.74 Å². The molecule has 2 aromatic carbocycles. The first-order valence-corrected chi connectivity index (χ1v) is 8.27. The van der Waals surface area contributed by atoms with Crippen molar-refractivity contribution in [3.05, 3.63) is 68.7 Å². The van der Waals surface area contributed by atoms with Gasteiger partial charge in [-0.15, -0.1) is 0 Å². The standard InChI is InChI=1S/C16H12Cl2N4O2S/c17-12-2-1-3-13(18)15(12)24-9-14-20-21-16(25)22(14)19-8-10-4-6-11(23)7-5-10/h1-8,23H,9H2,(H,21,25)/b19-8+. The van der Waals surface area contributed by atoms with Gasteiger partial charge in [0.2, 0.25) is 4.77 Å². The third-order valence-corrected chi connectivity index (χ3v) is 4.06. The summed E-state index contributed by atoms with van der Waals surface area (Å²) in [6, 6.07) is 11.7. The van der Waals surface area contributed by atoms with Gasteiger partial charge >= 0.3 is 0 Å². The molecule has 0 saturated carbocycles. The molecule has 25 heavy (non-hydrogen) atoms. The summed E-state index contributed by atoms with van der Waals surface area (Å²) in [6.07, 6.45) is 1.59. The molecule has 0 aliphatic heterocycles. The summed E-state index contributed by atoms with van der Waals surface area (Å²) in [6.45, 7) is 0.0729. The predicted octanol–water partition coefficient (Wildman–Crippen LogP) is 4.41. The first kappa shape index (κ1) is 17.5. The van der Waals surface area contributed by atoms with Crippen LogP contribution in [0, 0.1) is 4.77 Å². The Morgan fingerprint density at radius 1 is 1.20 bits per heavy atom. The van der Waals surface area contributed by atoms with Gasteiger partial charge in [0.25, 0.3) is 0 Å². The van der Waals surface area contributed by atoms with Crippen molar-refractivity contribution in [1.82, 2.24) is 14.9 Å². The highest BCUT2D eigenvalue weighted by Gasteiger charge is 2.10. The monoisotopic (exact) mass is 394 g/mol. The van der Waals surface area contributed by atoms with E-state index >= 15 is 0 Å². The van der Waals surface area contributed by atoms with Crippen LogP contribution >= 0.6 is 35.4 Å². The highest BCUT2D eigenvalue weighted by molar-refractivity contribution is 7.71. The van der Waals surface area contributed by atoms with Gasteiger partial charge in [-0.3, -0.25) is 0 Å². The van der Waals surface area contributed by atoms with Gasteiger partial charge in [0, 0.05) is 0 Å². The lowest BCUT2D eigenvalue weighted by molar-refractivity contribution is 0.291. The Morgan fingerprint density at radius 2 is 1.88 bits per heavy atom. The number of benzene rings is 2. The minimum Gasteiger partial charge on any atom is -0.508 e. The number of halogens is 2. The van der Waals surface area contributed by atoms with E-state index in [4.69, 9.17) is 40.2 Å². The summed E-state index contributed by atoms with van der Waals surface area (Å²) >= 11 is 17.3. The van der Waals surface area contributed by atoms with Crippen molar-refractivity contribution in [2.45, 2.75) is 6.61 Å². The first-order valence-electron chi connectivity index (χ1n) is 7.11. The van der Waals surface area contributed by atoms with Crippen LogP contribution in [0.2, 0.25) is 10.0 Å². The average molecular weight is 395 g/mol. The number of ether oxygens (including phenoxy) is 1. The number of nitrogens with zero attached hydrogens (tertiary/aromatic N) is 3. The number of para-hydroxylation sites is 1. The Morgan fingerprint density at radius 3 is 2.56 bits per heavy atom. The van der Waals surface area contributed by atoms with Crippen molar-refractivity contribution in [2.75, 3.05) is 0 Å². The second kappa shape index (κ2) is 7.69. The molecule has 0 atom stereocenters. The zero-order valence-corrected chi connectivity index (χ0v) is 15.0. The molecule has 6 nitrogen and oxygen atoms in total. The van der Waals surface area contributed by atoms with E-state index in [2.05, 4.69) is 15.3 Å². The van der Waals surface area contributed by atoms with Gasteiger partial charge in [-0.25, -0.2) is 5.10 Å². The summed E-state index contributed by atoms with van der Waals surface area (Å²) in [5.74, 6) is 1.01. The zero-order chi connectivity index (χ0) is 17.8. The summed E-state index contributed by atoms with van der Waals surface area (Å²) < 4.78 is 7.41. The maximum absolute atomic E-state index is 9.30. The van der Waals surface area contributed by atoms with Crippen LogP contribution in [-0.2, 0) is 6.61 Å². The molecule has 1 aromatic heterocycles. The average Bonchev–Trinajstić information content (AvgIpc) is 2.94. The van der Waals surface area contributed by atoms with Gasteiger partial charge in [0.05, 0.1) is 16.3 Å². The van der Waals surface area contributed by atoms with Gasteiger partial charge < -0.3 is 9.84 Å². The van der Waals surface area contributed by atoms with Crippen molar-refractivity contribution < 1.29 is 9.84 Å². The van der Waals surface area contributed by atoms with Crippen molar-refractivity contribution in [3.8, 4) is 11.5 Å². The summed E-state index contributed by atoms with van der Waals surface area (Å²) in [5, 5.41) is 21.2. The van der Waals surface area contributed by atoms with E-state index < -0.39 is 0 Å². The van der Waals surface area contributed by atoms with Gasteiger partial charge in [0.15, 0.2) is 11.6 Å².